The van der Waals surface area contributed by atoms with Crippen LogP contribution < -0.4 is 0 Å². The Balaban J connectivity index is 2.47. The van der Waals surface area contributed by atoms with Gasteiger partial charge in [0.15, 0.2) is 6.10 Å². The van der Waals surface area contributed by atoms with Crippen LogP contribution in [0.25, 0.3) is 0 Å². The second kappa shape index (κ2) is 3.87. The monoisotopic (exact) mass is 174 g/mol. The first-order valence-corrected chi connectivity index (χ1v) is 4.13. The first-order valence-electron chi connectivity index (χ1n) is 4.13. The summed E-state index contributed by atoms with van der Waals surface area (Å²) in [7, 11) is 0. The molecule has 0 bridgehead atoms. The number of carbonyl (C=O) groups is 1. The largest absolute Gasteiger partial charge is 0.464 e. The summed E-state index contributed by atoms with van der Waals surface area (Å²) in [6, 6.07) is 0. The summed E-state index contributed by atoms with van der Waals surface area (Å²) < 4.78 is 9.79. The molecule has 0 aliphatic carbocycles. The fraction of sp³-hybridized carbons (Fsp3) is 0.875. The lowest BCUT2D eigenvalue weighted by molar-refractivity contribution is -0.157. The van der Waals surface area contributed by atoms with E-state index in [-0.39, 0.29) is 5.92 Å². The van der Waals surface area contributed by atoms with Crippen molar-refractivity contribution in [3.63, 3.8) is 0 Å². The number of hydrogen-bond acceptors (Lipinski definition) is 4. The Morgan fingerprint density at radius 3 is 2.83 bits per heavy atom. The van der Waals surface area contributed by atoms with E-state index in [4.69, 9.17) is 9.47 Å². The fourth-order valence-corrected chi connectivity index (χ4v) is 1.18. The van der Waals surface area contributed by atoms with Crippen LogP contribution >= 0.6 is 0 Å². The standard InChI is InChI=1S/C8H14O4/c1-3-11-8(10)7-6(9)5(2)4-12-7/h5-7,9H,3-4H2,1-2H3/t5-,6-,7-/m0/s1. The zero-order valence-corrected chi connectivity index (χ0v) is 7.32. The van der Waals surface area contributed by atoms with E-state index in [2.05, 4.69) is 0 Å². The van der Waals surface area contributed by atoms with Crippen LogP contribution in [0.4, 0.5) is 0 Å². The van der Waals surface area contributed by atoms with E-state index in [1.54, 1.807) is 6.92 Å². The quantitative estimate of drug-likeness (QED) is 0.596. The van der Waals surface area contributed by atoms with Gasteiger partial charge in [-0.1, -0.05) is 6.92 Å². The van der Waals surface area contributed by atoms with E-state index < -0.39 is 18.2 Å². The summed E-state index contributed by atoms with van der Waals surface area (Å²) in [6.45, 7) is 4.30. The highest BCUT2D eigenvalue weighted by molar-refractivity contribution is 5.75. The minimum atomic E-state index is -0.778. The van der Waals surface area contributed by atoms with Gasteiger partial charge in [-0.05, 0) is 6.92 Å². The average Bonchev–Trinajstić information content (AvgIpc) is 2.34. The van der Waals surface area contributed by atoms with Crippen LogP contribution in [0.5, 0.6) is 0 Å². The summed E-state index contributed by atoms with van der Waals surface area (Å²) in [5, 5.41) is 9.43. The molecule has 1 heterocycles. The maximum absolute atomic E-state index is 11.1. The van der Waals surface area contributed by atoms with Gasteiger partial charge in [-0.2, -0.15) is 0 Å². The highest BCUT2D eigenvalue weighted by atomic mass is 16.6. The number of aliphatic hydroxyl groups is 1. The van der Waals surface area contributed by atoms with Crippen molar-refractivity contribution in [3.8, 4) is 0 Å². The molecular formula is C8H14O4. The molecule has 4 nitrogen and oxygen atoms in total. The fourth-order valence-electron chi connectivity index (χ4n) is 1.18. The first kappa shape index (κ1) is 9.48. The molecule has 4 heteroatoms. The lowest BCUT2D eigenvalue weighted by Crippen LogP contribution is -2.34. The third-order valence-electron chi connectivity index (χ3n) is 1.95. The van der Waals surface area contributed by atoms with Crippen LogP contribution in [0.2, 0.25) is 0 Å². The van der Waals surface area contributed by atoms with Crippen LogP contribution in [0.15, 0.2) is 0 Å². The van der Waals surface area contributed by atoms with E-state index in [0.29, 0.717) is 13.2 Å². The molecule has 1 aliphatic heterocycles. The molecule has 3 atom stereocenters. The smallest absolute Gasteiger partial charge is 0.337 e. The molecule has 1 fully saturated rings. The van der Waals surface area contributed by atoms with Gasteiger partial charge >= 0.3 is 5.97 Å². The van der Waals surface area contributed by atoms with Crippen LogP contribution in [-0.4, -0.2) is 36.5 Å². The van der Waals surface area contributed by atoms with Crippen LogP contribution in [0.1, 0.15) is 13.8 Å². The zero-order valence-electron chi connectivity index (χ0n) is 7.32. The van der Waals surface area contributed by atoms with Crippen LogP contribution in [0, 0.1) is 5.92 Å². The minimum Gasteiger partial charge on any atom is -0.464 e. The SMILES string of the molecule is CCOC(=O)[C@H]1OC[C@H](C)[C@@H]1O. The van der Waals surface area contributed by atoms with Crippen molar-refractivity contribution in [2.45, 2.75) is 26.1 Å². The molecule has 0 saturated carbocycles. The van der Waals surface area contributed by atoms with Crippen LogP contribution in [-0.2, 0) is 14.3 Å². The molecule has 0 aromatic heterocycles. The summed E-state index contributed by atoms with van der Waals surface area (Å²) in [5.41, 5.74) is 0. The van der Waals surface area contributed by atoms with Gasteiger partial charge in [-0.3, -0.25) is 0 Å². The van der Waals surface area contributed by atoms with Gasteiger partial charge in [0.05, 0.1) is 19.3 Å². The highest BCUT2D eigenvalue weighted by Gasteiger charge is 2.38. The van der Waals surface area contributed by atoms with Crippen molar-refractivity contribution in [3.05, 3.63) is 0 Å². The molecule has 12 heavy (non-hydrogen) atoms. The number of aliphatic hydroxyl groups excluding tert-OH is 1. The molecule has 0 amide bonds. The molecule has 0 unspecified atom stereocenters. The van der Waals surface area contributed by atoms with Gasteiger partial charge in [0.2, 0.25) is 0 Å². The predicted octanol–water partition coefficient (Wildman–Crippen LogP) is -0.0547. The first-order chi connectivity index (χ1) is 5.66. The number of ether oxygens (including phenoxy) is 2. The number of rotatable bonds is 2. The number of esters is 1. The van der Waals surface area contributed by atoms with Crippen molar-refractivity contribution >= 4 is 5.97 Å². The Kier molecular flexibility index (Phi) is 3.05. The highest BCUT2D eigenvalue weighted by Crippen LogP contribution is 2.20. The molecular weight excluding hydrogens is 160 g/mol. The topological polar surface area (TPSA) is 55.8 Å². The zero-order chi connectivity index (χ0) is 9.14. The Hall–Kier alpha value is -0.610. The van der Waals surface area contributed by atoms with E-state index in [9.17, 15) is 9.90 Å². The molecule has 0 spiro atoms. The van der Waals surface area contributed by atoms with Crippen LogP contribution in [0.3, 0.4) is 0 Å². The Labute approximate surface area is 71.5 Å². The average molecular weight is 174 g/mol. The van der Waals surface area contributed by atoms with E-state index >= 15 is 0 Å². The lowest BCUT2D eigenvalue weighted by Gasteiger charge is -2.13. The van der Waals surface area contributed by atoms with Gasteiger partial charge in [-0.15, -0.1) is 0 Å². The van der Waals surface area contributed by atoms with Gasteiger partial charge in [0, 0.05) is 5.92 Å². The Morgan fingerprint density at radius 2 is 2.42 bits per heavy atom. The van der Waals surface area contributed by atoms with Crippen molar-refractivity contribution in [2.75, 3.05) is 13.2 Å². The molecule has 0 aromatic carbocycles. The van der Waals surface area contributed by atoms with Gasteiger partial charge in [-0.25, -0.2) is 4.79 Å². The Morgan fingerprint density at radius 1 is 1.75 bits per heavy atom. The molecule has 1 saturated heterocycles. The molecule has 0 radical (unpaired) electrons. The third-order valence-corrected chi connectivity index (χ3v) is 1.95. The summed E-state index contributed by atoms with van der Waals surface area (Å²) in [4.78, 5) is 11.1. The summed E-state index contributed by atoms with van der Waals surface area (Å²) >= 11 is 0. The molecule has 1 N–H and O–H groups in total. The maximum atomic E-state index is 11.1. The molecule has 1 rings (SSSR count). The second-order valence-electron chi connectivity index (χ2n) is 2.97. The van der Waals surface area contributed by atoms with Gasteiger partial charge < -0.3 is 14.6 Å². The van der Waals surface area contributed by atoms with Gasteiger partial charge in [0.25, 0.3) is 0 Å². The minimum absolute atomic E-state index is 0.0133. The normalized spacial score (nSPS) is 35.1. The van der Waals surface area contributed by atoms with Gasteiger partial charge in [0.1, 0.15) is 0 Å². The number of hydrogen-bond donors (Lipinski definition) is 1. The Bertz CT molecular complexity index is 168. The van der Waals surface area contributed by atoms with Crippen molar-refractivity contribution in [2.24, 2.45) is 5.92 Å². The molecule has 70 valence electrons. The van der Waals surface area contributed by atoms with Crippen molar-refractivity contribution in [1.82, 2.24) is 0 Å². The molecule has 0 aromatic rings. The van der Waals surface area contributed by atoms with E-state index in [1.165, 1.54) is 0 Å². The second-order valence-corrected chi connectivity index (χ2v) is 2.97. The predicted molar refractivity (Wildman–Crippen MR) is 41.5 cm³/mol. The lowest BCUT2D eigenvalue weighted by atomic mass is 10.0. The molecule has 1 aliphatic rings. The number of carbonyl (C=O) groups excluding carboxylic acids is 1. The summed E-state index contributed by atoms with van der Waals surface area (Å²) in [5.74, 6) is -0.450. The maximum Gasteiger partial charge on any atom is 0.337 e. The van der Waals surface area contributed by atoms with E-state index in [1.807, 2.05) is 6.92 Å². The van der Waals surface area contributed by atoms with Crippen molar-refractivity contribution < 1.29 is 19.4 Å². The van der Waals surface area contributed by atoms with E-state index in [0.717, 1.165) is 0 Å². The van der Waals surface area contributed by atoms with Crippen molar-refractivity contribution in [1.29, 1.82) is 0 Å². The third kappa shape index (κ3) is 1.76. The summed E-state index contributed by atoms with van der Waals surface area (Å²) in [6.07, 6.45) is -1.50.